The molecule has 3 atom stereocenters. The lowest BCUT2D eigenvalue weighted by Crippen LogP contribution is -2.43. The Morgan fingerprint density at radius 1 is 1.12 bits per heavy atom. The molecule has 0 aromatic heterocycles. The number of amidine groups is 1. The second kappa shape index (κ2) is 5.31. The molecule has 1 saturated carbocycles. The van der Waals surface area contributed by atoms with Crippen molar-refractivity contribution in [3.05, 3.63) is 35.4 Å². The maximum Gasteiger partial charge on any atom is 0.293 e. The zero-order valence-corrected chi connectivity index (χ0v) is 14.0. The van der Waals surface area contributed by atoms with Crippen molar-refractivity contribution in [2.24, 2.45) is 21.6 Å². The largest absolute Gasteiger partial charge is 0.386 e. The Labute approximate surface area is 141 Å². The van der Waals surface area contributed by atoms with Gasteiger partial charge in [0.15, 0.2) is 5.41 Å². The van der Waals surface area contributed by atoms with E-state index in [4.69, 9.17) is 15.2 Å². The van der Waals surface area contributed by atoms with Crippen LogP contribution in [0.1, 0.15) is 30.9 Å². The molecule has 24 heavy (non-hydrogen) atoms. The smallest absolute Gasteiger partial charge is 0.293 e. The zero-order chi connectivity index (χ0) is 17.6. The Balaban J connectivity index is 2.21. The van der Waals surface area contributed by atoms with E-state index in [0.29, 0.717) is 13.2 Å². The van der Waals surface area contributed by atoms with E-state index < -0.39 is 22.7 Å². The molecule has 1 aromatic rings. The predicted molar refractivity (Wildman–Crippen MR) is 87.6 cm³/mol. The number of aryl methyl sites for hydroxylation is 1. The van der Waals surface area contributed by atoms with Crippen LogP contribution in [0.15, 0.2) is 29.3 Å². The van der Waals surface area contributed by atoms with E-state index >= 15 is 0 Å². The van der Waals surface area contributed by atoms with Gasteiger partial charge in [-0.3, -0.25) is 0 Å². The van der Waals surface area contributed by atoms with Crippen LogP contribution in [0.2, 0.25) is 0 Å². The Hall–Kier alpha value is -2.41. The number of ether oxygens (including phenoxy) is 2. The van der Waals surface area contributed by atoms with Crippen molar-refractivity contribution in [1.29, 1.82) is 10.5 Å². The molecule has 3 rings (SSSR count). The maximum atomic E-state index is 10.1. The molecular weight excluding hydrogens is 304 g/mol. The van der Waals surface area contributed by atoms with Gasteiger partial charge in [-0.1, -0.05) is 29.8 Å². The van der Waals surface area contributed by atoms with E-state index in [2.05, 4.69) is 17.1 Å². The molecule has 0 bridgehead atoms. The zero-order valence-electron chi connectivity index (χ0n) is 14.0. The number of hydrogen-bond donors (Lipinski definition) is 1. The Bertz CT molecular complexity index is 768. The van der Waals surface area contributed by atoms with Gasteiger partial charge in [-0.2, -0.15) is 10.5 Å². The summed E-state index contributed by atoms with van der Waals surface area (Å²) in [5, 5.41) is 20.0. The fourth-order valence-electron chi connectivity index (χ4n) is 4.01. The summed E-state index contributed by atoms with van der Waals surface area (Å²) in [6, 6.07) is 12.3. The molecule has 2 aliphatic rings. The molecule has 1 aliphatic heterocycles. The minimum atomic E-state index is -1.54. The van der Waals surface area contributed by atoms with E-state index in [1.54, 1.807) is 13.8 Å². The summed E-state index contributed by atoms with van der Waals surface area (Å²) >= 11 is 0. The van der Waals surface area contributed by atoms with Gasteiger partial charge in [0, 0.05) is 19.1 Å². The van der Waals surface area contributed by atoms with Crippen LogP contribution in [0.25, 0.3) is 0 Å². The summed E-state index contributed by atoms with van der Waals surface area (Å²) in [5.74, 6) is -1.86. The molecule has 0 amide bonds. The summed E-state index contributed by atoms with van der Waals surface area (Å²) in [4.78, 5) is 4.31. The number of nitrogens with zero attached hydrogens (tertiary/aromatic N) is 3. The molecule has 2 N–H and O–H groups in total. The normalized spacial score (nSPS) is 32.4. The molecular formula is C18H20N4O2. The quantitative estimate of drug-likeness (QED) is 0.836. The van der Waals surface area contributed by atoms with Crippen LogP contribution in [-0.4, -0.2) is 25.0 Å². The lowest BCUT2D eigenvalue weighted by atomic mass is 9.93. The summed E-state index contributed by atoms with van der Waals surface area (Å²) < 4.78 is 11.6. The minimum absolute atomic E-state index is 0.110. The standard InChI is InChI=1S/C18H20N4O2/c1-4-23-18(24-5-2)17(11-20)14(13-8-6-12(3)7-9-13)16(17,10-19)15(21)22-18/h6-9,14H,4-5H2,1-3H3,(H2,21,22)/t14-,16-,17-/m1/s1. The molecule has 6 heteroatoms. The van der Waals surface area contributed by atoms with Gasteiger partial charge in [0.1, 0.15) is 11.3 Å². The lowest BCUT2D eigenvalue weighted by molar-refractivity contribution is -0.255. The first-order valence-electron chi connectivity index (χ1n) is 8.02. The SMILES string of the molecule is CCOC1(OCC)N=C(N)[C@@]2(C#N)[C@@H](c3ccc(C)cc3)[C@@]12C#N. The van der Waals surface area contributed by atoms with E-state index in [9.17, 15) is 10.5 Å². The average Bonchev–Trinajstić information content (AvgIpc) is 3.15. The van der Waals surface area contributed by atoms with Crippen molar-refractivity contribution in [2.45, 2.75) is 32.6 Å². The fourth-order valence-corrected chi connectivity index (χ4v) is 4.01. The number of benzene rings is 1. The number of hydrogen-bond acceptors (Lipinski definition) is 6. The van der Waals surface area contributed by atoms with E-state index in [1.165, 1.54) is 0 Å². The van der Waals surface area contributed by atoms with Crippen LogP contribution in [0.4, 0.5) is 0 Å². The van der Waals surface area contributed by atoms with Gasteiger partial charge in [-0.05, 0) is 26.3 Å². The molecule has 0 saturated heterocycles. The van der Waals surface area contributed by atoms with Gasteiger partial charge in [-0.25, -0.2) is 4.99 Å². The third kappa shape index (κ3) is 1.62. The summed E-state index contributed by atoms with van der Waals surface area (Å²) in [6.07, 6.45) is 0. The predicted octanol–water partition coefficient (Wildman–Crippen LogP) is 2.21. The molecule has 1 aliphatic carbocycles. The summed E-state index contributed by atoms with van der Waals surface area (Å²) in [5.41, 5.74) is 5.60. The van der Waals surface area contributed by atoms with Crippen LogP contribution in [0.3, 0.4) is 0 Å². The number of rotatable bonds is 5. The molecule has 1 aromatic carbocycles. The van der Waals surface area contributed by atoms with Crippen LogP contribution < -0.4 is 5.73 Å². The summed E-state index contributed by atoms with van der Waals surface area (Å²) in [6.45, 7) is 6.17. The van der Waals surface area contributed by atoms with Gasteiger partial charge in [0.05, 0.1) is 12.1 Å². The first-order chi connectivity index (χ1) is 11.5. The van der Waals surface area contributed by atoms with Gasteiger partial charge in [0.2, 0.25) is 0 Å². The lowest BCUT2D eigenvalue weighted by Gasteiger charge is -2.31. The third-order valence-electron chi connectivity index (χ3n) is 5.02. The second-order valence-electron chi connectivity index (χ2n) is 6.13. The number of fused-ring (bicyclic) bond motifs is 1. The Kier molecular flexibility index (Phi) is 3.64. The van der Waals surface area contributed by atoms with Crippen molar-refractivity contribution in [3.63, 3.8) is 0 Å². The number of nitriles is 2. The number of nitrogens with two attached hydrogens (primary N) is 1. The molecule has 1 fully saturated rings. The van der Waals surface area contributed by atoms with Crippen LogP contribution in [0.5, 0.6) is 0 Å². The fraction of sp³-hybridized carbons (Fsp3) is 0.500. The average molecular weight is 324 g/mol. The highest BCUT2D eigenvalue weighted by atomic mass is 16.7. The van der Waals surface area contributed by atoms with Gasteiger partial charge >= 0.3 is 0 Å². The van der Waals surface area contributed by atoms with Crippen LogP contribution in [-0.2, 0) is 9.47 Å². The minimum Gasteiger partial charge on any atom is -0.386 e. The van der Waals surface area contributed by atoms with E-state index in [1.807, 2.05) is 31.2 Å². The van der Waals surface area contributed by atoms with Crippen molar-refractivity contribution in [3.8, 4) is 12.1 Å². The van der Waals surface area contributed by atoms with Crippen molar-refractivity contribution in [2.75, 3.05) is 13.2 Å². The van der Waals surface area contributed by atoms with Gasteiger partial charge in [0.25, 0.3) is 5.91 Å². The van der Waals surface area contributed by atoms with E-state index in [0.717, 1.165) is 11.1 Å². The van der Waals surface area contributed by atoms with Gasteiger partial charge in [-0.15, -0.1) is 0 Å². The van der Waals surface area contributed by atoms with Gasteiger partial charge < -0.3 is 15.2 Å². The first-order valence-corrected chi connectivity index (χ1v) is 8.02. The molecule has 1 heterocycles. The highest BCUT2D eigenvalue weighted by Gasteiger charge is 2.93. The van der Waals surface area contributed by atoms with Crippen LogP contribution >= 0.6 is 0 Å². The number of aliphatic imine (C=N–C) groups is 1. The molecule has 0 radical (unpaired) electrons. The van der Waals surface area contributed by atoms with Crippen molar-refractivity contribution >= 4 is 5.84 Å². The molecule has 0 unspecified atom stereocenters. The second-order valence-corrected chi connectivity index (χ2v) is 6.13. The molecule has 0 spiro atoms. The molecule has 124 valence electrons. The van der Waals surface area contributed by atoms with Crippen molar-refractivity contribution < 1.29 is 9.47 Å². The summed E-state index contributed by atoms with van der Waals surface area (Å²) in [7, 11) is 0. The molecule has 6 nitrogen and oxygen atoms in total. The Morgan fingerprint density at radius 3 is 2.17 bits per heavy atom. The monoisotopic (exact) mass is 324 g/mol. The maximum absolute atomic E-state index is 10.1. The Morgan fingerprint density at radius 2 is 1.71 bits per heavy atom. The topological polar surface area (TPSA) is 104 Å². The third-order valence-corrected chi connectivity index (χ3v) is 5.02. The van der Waals surface area contributed by atoms with Crippen molar-refractivity contribution in [1.82, 2.24) is 0 Å². The van der Waals surface area contributed by atoms with E-state index in [-0.39, 0.29) is 5.84 Å². The highest BCUT2D eigenvalue weighted by molar-refractivity contribution is 6.00. The van der Waals surface area contributed by atoms with Crippen LogP contribution in [0, 0.1) is 40.4 Å². The first kappa shape index (κ1) is 16.4. The highest BCUT2D eigenvalue weighted by Crippen LogP contribution is 2.81.